The molecule has 2 heteroatoms. The Bertz CT molecular complexity index is 42.8. The van der Waals surface area contributed by atoms with Crippen LogP contribution in [-0.2, 0) is 4.74 Å². The van der Waals surface area contributed by atoms with Gasteiger partial charge in [0.2, 0.25) is 0 Å². The van der Waals surface area contributed by atoms with E-state index in [-0.39, 0.29) is 0 Å². The van der Waals surface area contributed by atoms with Crippen LogP contribution in [0, 0.1) is 4.99 Å². The maximum atomic E-state index is 4.70. The highest BCUT2D eigenvalue weighted by atomic mass is 79.9. The van der Waals surface area contributed by atoms with Crippen LogP contribution in [0.2, 0.25) is 0 Å². The zero-order chi connectivity index (χ0) is 4.83. The smallest absolute Gasteiger partial charge is 0.0983 e. The molecular formula is C4H6BrO. The van der Waals surface area contributed by atoms with E-state index in [2.05, 4.69) is 20.9 Å². The highest BCUT2D eigenvalue weighted by Crippen LogP contribution is 1.80. The molecule has 0 saturated carbocycles. The summed E-state index contributed by atoms with van der Waals surface area (Å²) in [5.41, 5.74) is 0. The van der Waals surface area contributed by atoms with E-state index in [0.717, 1.165) is 0 Å². The van der Waals surface area contributed by atoms with Gasteiger partial charge < -0.3 is 4.74 Å². The van der Waals surface area contributed by atoms with Crippen LogP contribution in [-0.4, -0.2) is 6.61 Å². The van der Waals surface area contributed by atoms with E-state index in [1.165, 1.54) is 6.26 Å². The second-order valence-corrected chi connectivity index (χ2v) is 1.14. The SMILES string of the molecule is CCOC=[C]Br. The minimum absolute atomic E-state index is 0.707. The first-order valence-electron chi connectivity index (χ1n) is 1.71. The van der Waals surface area contributed by atoms with Gasteiger partial charge in [-0.2, -0.15) is 0 Å². The van der Waals surface area contributed by atoms with Gasteiger partial charge in [0, 0.05) is 0 Å². The van der Waals surface area contributed by atoms with Crippen LogP contribution in [0.3, 0.4) is 0 Å². The molecule has 1 nitrogen and oxygen atoms in total. The van der Waals surface area contributed by atoms with Gasteiger partial charge in [0.05, 0.1) is 17.9 Å². The molecule has 0 unspecified atom stereocenters. The summed E-state index contributed by atoms with van der Waals surface area (Å²) in [5, 5.41) is 0. The zero-order valence-electron chi connectivity index (χ0n) is 3.57. The highest BCUT2D eigenvalue weighted by molar-refractivity contribution is 9.10. The Morgan fingerprint density at radius 2 is 2.67 bits per heavy atom. The average molecular weight is 150 g/mol. The molecule has 0 aliphatic carbocycles. The van der Waals surface area contributed by atoms with Gasteiger partial charge in [0.25, 0.3) is 0 Å². The zero-order valence-corrected chi connectivity index (χ0v) is 5.16. The third-order valence-corrected chi connectivity index (χ3v) is 0.481. The normalized spacial score (nSPS) is 9.67. The third-order valence-electron chi connectivity index (χ3n) is 0.295. The number of hydrogen-bond acceptors (Lipinski definition) is 1. The summed E-state index contributed by atoms with van der Waals surface area (Å²) in [4.78, 5) is 2.53. The molecule has 0 fully saturated rings. The molecule has 0 aliphatic rings. The van der Waals surface area contributed by atoms with Gasteiger partial charge in [-0.25, -0.2) is 0 Å². The molecule has 0 spiro atoms. The molecule has 0 heterocycles. The number of hydrogen-bond donors (Lipinski definition) is 0. The summed E-state index contributed by atoms with van der Waals surface area (Å²) >= 11 is 2.92. The summed E-state index contributed by atoms with van der Waals surface area (Å²) < 4.78 is 4.70. The standard InChI is InChI=1S/C4H6BrO/c1-2-6-4-3-5/h4H,2H2,1H3. The lowest BCUT2D eigenvalue weighted by Gasteiger charge is -1.85. The van der Waals surface area contributed by atoms with E-state index in [4.69, 9.17) is 4.74 Å². The maximum Gasteiger partial charge on any atom is 0.0983 e. The molecule has 0 aromatic carbocycles. The van der Waals surface area contributed by atoms with Crippen molar-refractivity contribution < 1.29 is 4.74 Å². The minimum atomic E-state index is 0.707. The van der Waals surface area contributed by atoms with Crippen LogP contribution in [0.1, 0.15) is 6.92 Å². The van der Waals surface area contributed by atoms with Crippen LogP contribution >= 0.6 is 15.9 Å². The molecule has 0 rings (SSSR count). The molecule has 35 valence electrons. The molecule has 6 heavy (non-hydrogen) atoms. The summed E-state index contributed by atoms with van der Waals surface area (Å²) in [6, 6.07) is 0. The largest absolute Gasteiger partial charge is 0.500 e. The molecule has 1 radical (unpaired) electrons. The van der Waals surface area contributed by atoms with Gasteiger partial charge >= 0.3 is 0 Å². The van der Waals surface area contributed by atoms with Crippen LogP contribution in [0.5, 0.6) is 0 Å². The number of rotatable bonds is 2. The Hall–Kier alpha value is 0.0200. The highest BCUT2D eigenvalue weighted by Gasteiger charge is 1.61. The van der Waals surface area contributed by atoms with Crippen molar-refractivity contribution >= 4 is 15.9 Å². The first kappa shape index (κ1) is 6.02. The van der Waals surface area contributed by atoms with Crippen molar-refractivity contribution in [1.29, 1.82) is 0 Å². The van der Waals surface area contributed by atoms with Gasteiger partial charge in [-0.15, -0.1) is 0 Å². The second-order valence-electron chi connectivity index (χ2n) is 0.682. The maximum absolute atomic E-state index is 4.70. The lowest BCUT2D eigenvalue weighted by Crippen LogP contribution is -1.73. The first-order valence-corrected chi connectivity index (χ1v) is 2.50. The second kappa shape index (κ2) is 5.02. The van der Waals surface area contributed by atoms with E-state index in [0.29, 0.717) is 6.61 Å². The monoisotopic (exact) mass is 149 g/mol. The molecule has 0 saturated heterocycles. The fourth-order valence-corrected chi connectivity index (χ4v) is 0.247. The average Bonchev–Trinajstić information content (AvgIpc) is 1.61. The van der Waals surface area contributed by atoms with E-state index in [9.17, 15) is 0 Å². The Morgan fingerprint density at radius 3 is 2.83 bits per heavy atom. The molecule has 0 amide bonds. The van der Waals surface area contributed by atoms with Crippen molar-refractivity contribution in [3.8, 4) is 0 Å². The quantitative estimate of drug-likeness (QED) is 0.544. The van der Waals surface area contributed by atoms with E-state index in [1.54, 1.807) is 0 Å². The minimum Gasteiger partial charge on any atom is -0.500 e. The van der Waals surface area contributed by atoms with Gasteiger partial charge in [-0.05, 0) is 22.9 Å². The summed E-state index contributed by atoms with van der Waals surface area (Å²) in [6.07, 6.45) is 1.47. The Balaban J connectivity index is 2.66. The Labute approximate surface area is 46.1 Å². The molecule has 0 aliphatic heterocycles. The molecule has 0 aromatic heterocycles. The topological polar surface area (TPSA) is 9.23 Å². The van der Waals surface area contributed by atoms with Crippen LogP contribution in [0.15, 0.2) is 6.26 Å². The van der Waals surface area contributed by atoms with Crippen molar-refractivity contribution in [2.45, 2.75) is 6.92 Å². The van der Waals surface area contributed by atoms with Crippen molar-refractivity contribution in [3.05, 3.63) is 11.2 Å². The van der Waals surface area contributed by atoms with Crippen molar-refractivity contribution in [1.82, 2.24) is 0 Å². The van der Waals surface area contributed by atoms with E-state index < -0.39 is 0 Å². The van der Waals surface area contributed by atoms with Gasteiger partial charge in [0.1, 0.15) is 0 Å². The van der Waals surface area contributed by atoms with E-state index >= 15 is 0 Å². The van der Waals surface area contributed by atoms with Gasteiger partial charge in [-0.1, -0.05) is 0 Å². The lowest BCUT2D eigenvalue weighted by atomic mass is 10.9. The molecule has 0 aromatic rings. The molecule has 0 atom stereocenters. The Kier molecular flexibility index (Phi) is 5.04. The molecule has 0 N–H and O–H groups in total. The number of halogens is 1. The van der Waals surface area contributed by atoms with Crippen LogP contribution in [0.25, 0.3) is 0 Å². The lowest BCUT2D eigenvalue weighted by molar-refractivity contribution is 0.269. The van der Waals surface area contributed by atoms with E-state index in [1.807, 2.05) is 6.92 Å². The Morgan fingerprint density at radius 1 is 2.00 bits per heavy atom. The fraction of sp³-hybridized carbons (Fsp3) is 0.500. The predicted octanol–water partition coefficient (Wildman–Crippen LogP) is 1.69. The fourth-order valence-electron chi connectivity index (χ4n) is 0.115. The van der Waals surface area contributed by atoms with Crippen LogP contribution in [0.4, 0.5) is 0 Å². The van der Waals surface area contributed by atoms with Crippen molar-refractivity contribution in [2.24, 2.45) is 0 Å². The van der Waals surface area contributed by atoms with Gasteiger partial charge in [0.15, 0.2) is 0 Å². The summed E-state index contributed by atoms with van der Waals surface area (Å²) in [5.74, 6) is 0. The third kappa shape index (κ3) is 4.02. The van der Waals surface area contributed by atoms with Crippen LogP contribution < -0.4 is 0 Å². The predicted molar refractivity (Wildman–Crippen MR) is 28.4 cm³/mol. The van der Waals surface area contributed by atoms with Crippen molar-refractivity contribution in [3.63, 3.8) is 0 Å². The first-order chi connectivity index (χ1) is 2.91. The molecule has 0 bridgehead atoms. The summed E-state index contributed by atoms with van der Waals surface area (Å²) in [7, 11) is 0. The summed E-state index contributed by atoms with van der Waals surface area (Å²) in [6.45, 7) is 2.62. The van der Waals surface area contributed by atoms with Crippen molar-refractivity contribution in [2.75, 3.05) is 6.61 Å². The molecular weight excluding hydrogens is 144 g/mol. The van der Waals surface area contributed by atoms with Gasteiger partial charge in [-0.3, -0.25) is 0 Å². The number of ether oxygens (including phenoxy) is 1.